The van der Waals surface area contributed by atoms with Crippen molar-refractivity contribution < 1.29 is 13.9 Å². The molecule has 0 spiro atoms. The lowest BCUT2D eigenvalue weighted by Gasteiger charge is -2.30. The Bertz CT molecular complexity index is 700. The molecule has 6 heteroatoms. The van der Waals surface area contributed by atoms with Crippen LogP contribution in [-0.4, -0.2) is 32.2 Å². The zero-order valence-corrected chi connectivity index (χ0v) is 14.0. The summed E-state index contributed by atoms with van der Waals surface area (Å²) in [6, 6.07) is 11.5. The van der Waals surface area contributed by atoms with Crippen LogP contribution in [0.25, 0.3) is 0 Å². The van der Waals surface area contributed by atoms with E-state index in [1.54, 1.807) is 30.3 Å². The maximum Gasteiger partial charge on any atom is 0.255 e. The third-order valence-corrected chi connectivity index (χ3v) is 4.19. The summed E-state index contributed by atoms with van der Waals surface area (Å²) in [6.07, 6.45) is 0. The van der Waals surface area contributed by atoms with Crippen molar-refractivity contribution >= 4 is 33.2 Å². The number of anilines is 2. The number of halogens is 2. The van der Waals surface area contributed by atoms with Gasteiger partial charge in [-0.25, -0.2) is 4.39 Å². The predicted molar refractivity (Wildman–Crippen MR) is 91.5 cm³/mol. The fourth-order valence-corrected chi connectivity index (χ4v) is 2.75. The van der Waals surface area contributed by atoms with Crippen LogP contribution in [0.5, 0.6) is 0 Å². The largest absolute Gasteiger partial charge is 0.378 e. The highest BCUT2D eigenvalue weighted by Crippen LogP contribution is 2.28. The Labute approximate surface area is 142 Å². The molecule has 0 aromatic heterocycles. The molecule has 1 fully saturated rings. The molecule has 1 heterocycles. The van der Waals surface area contributed by atoms with Crippen LogP contribution < -0.4 is 10.2 Å². The zero-order chi connectivity index (χ0) is 16.2. The highest BCUT2D eigenvalue weighted by atomic mass is 79.9. The van der Waals surface area contributed by atoms with Gasteiger partial charge in [0.25, 0.3) is 5.91 Å². The molecule has 3 rings (SSSR count). The summed E-state index contributed by atoms with van der Waals surface area (Å²) in [6.45, 7) is 2.68. The molecular formula is C17H16BrFN2O2. The van der Waals surface area contributed by atoms with Crippen LogP contribution in [0.3, 0.4) is 0 Å². The molecular weight excluding hydrogens is 363 g/mol. The molecule has 120 valence electrons. The number of hydrogen-bond acceptors (Lipinski definition) is 3. The van der Waals surface area contributed by atoms with Crippen LogP contribution >= 0.6 is 15.9 Å². The maximum absolute atomic E-state index is 13.6. The molecule has 0 bridgehead atoms. The Hall–Kier alpha value is -1.92. The zero-order valence-electron chi connectivity index (χ0n) is 12.4. The van der Waals surface area contributed by atoms with E-state index in [9.17, 15) is 9.18 Å². The standard InChI is InChI=1S/C17H16BrFN2O2/c18-13-3-1-12(2-4-13)17(22)20-15-11-14(19)5-6-16(15)21-7-9-23-10-8-21/h1-6,11H,7-10H2,(H,20,22). The first-order valence-corrected chi connectivity index (χ1v) is 8.12. The number of hydrogen-bond donors (Lipinski definition) is 1. The molecule has 0 atom stereocenters. The second-order valence-electron chi connectivity index (χ2n) is 5.22. The first-order chi connectivity index (χ1) is 11.1. The van der Waals surface area contributed by atoms with Gasteiger partial charge in [-0.2, -0.15) is 0 Å². The smallest absolute Gasteiger partial charge is 0.255 e. The topological polar surface area (TPSA) is 41.6 Å². The first kappa shape index (κ1) is 16.0. The van der Waals surface area contributed by atoms with E-state index in [2.05, 4.69) is 26.1 Å². The molecule has 4 nitrogen and oxygen atoms in total. The van der Waals surface area contributed by atoms with Crippen LogP contribution in [-0.2, 0) is 4.74 Å². The average Bonchev–Trinajstić information content (AvgIpc) is 2.56. The number of nitrogens with one attached hydrogen (secondary N) is 1. The lowest BCUT2D eigenvalue weighted by molar-refractivity contribution is 0.102. The summed E-state index contributed by atoms with van der Waals surface area (Å²) in [7, 11) is 0. The summed E-state index contributed by atoms with van der Waals surface area (Å²) >= 11 is 3.33. The number of amides is 1. The number of nitrogens with zero attached hydrogens (tertiary/aromatic N) is 1. The predicted octanol–water partition coefficient (Wildman–Crippen LogP) is 3.68. The average molecular weight is 379 g/mol. The molecule has 1 amide bonds. The molecule has 2 aromatic rings. The minimum Gasteiger partial charge on any atom is -0.378 e. The van der Waals surface area contributed by atoms with Crippen LogP contribution in [0.15, 0.2) is 46.9 Å². The third-order valence-electron chi connectivity index (χ3n) is 3.66. The van der Waals surface area contributed by atoms with E-state index in [4.69, 9.17) is 4.74 Å². The van der Waals surface area contributed by atoms with Crippen molar-refractivity contribution in [3.05, 3.63) is 58.3 Å². The summed E-state index contributed by atoms with van der Waals surface area (Å²) < 4.78 is 19.9. The van der Waals surface area contributed by atoms with Gasteiger partial charge in [0.15, 0.2) is 0 Å². The van der Waals surface area contributed by atoms with Crippen LogP contribution in [0, 0.1) is 5.82 Å². The third kappa shape index (κ3) is 3.89. The molecule has 0 aliphatic carbocycles. The van der Waals surface area contributed by atoms with Gasteiger partial charge in [0.2, 0.25) is 0 Å². The quantitative estimate of drug-likeness (QED) is 0.885. The van der Waals surface area contributed by atoms with E-state index in [1.165, 1.54) is 12.1 Å². The van der Waals surface area contributed by atoms with Crippen molar-refractivity contribution in [1.29, 1.82) is 0 Å². The summed E-state index contributed by atoms with van der Waals surface area (Å²) in [5, 5.41) is 2.81. The Balaban J connectivity index is 1.84. The molecule has 1 aliphatic heterocycles. The van der Waals surface area contributed by atoms with Gasteiger partial charge < -0.3 is 15.0 Å². The molecule has 1 aliphatic rings. The van der Waals surface area contributed by atoms with Gasteiger partial charge in [0, 0.05) is 23.1 Å². The van der Waals surface area contributed by atoms with Gasteiger partial charge in [-0.3, -0.25) is 4.79 Å². The number of carbonyl (C=O) groups excluding carboxylic acids is 1. The summed E-state index contributed by atoms with van der Waals surface area (Å²) in [5.74, 6) is -0.647. The Morgan fingerprint density at radius 1 is 1.13 bits per heavy atom. The minimum atomic E-state index is -0.381. The van der Waals surface area contributed by atoms with Crippen molar-refractivity contribution in [2.24, 2.45) is 0 Å². The first-order valence-electron chi connectivity index (χ1n) is 7.32. The van der Waals surface area contributed by atoms with Gasteiger partial charge in [-0.1, -0.05) is 15.9 Å². The number of rotatable bonds is 3. The van der Waals surface area contributed by atoms with Gasteiger partial charge in [-0.05, 0) is 42.5 Å². The molecule has 0 saturated carbocycles. The molecule has 23 heavy (non-hydrogen) atoms. The lowest BCUT2D eigenvalue weighted by atomic mass is 10.2. The van der Waals surface area contributed by atoms with E-state index >= 15 is 0 Å². The fraction of sp³-hybridized carbons (Fsp3) is 0.235. The fourth-order valence-electron chi connectivity index (χ4n) is 2.48. The normalized spacial score (nSPS) is 14.6. The second kappa shape index (κ2) is 7.10. The van der Waals surface area contributed by atoms with Crippen molar-refractivity contribution in [2.45, 2.75) is 0 Å². The van der Waals surface area contributed by atoms with Crippen molar-refractivity contribution in [3.8, 4) is 0 Å². The number of morpholine rings is 1. The molecule has 1 saturated heterocycles. The lowest BCUT2D eigenvalue weighted by Crippen LogP contribution is -2.36. The number of benzene rings is 2. The molecule has 0 radical (unpaired) electrons. The van der Waals surface area contributed by atoms with Gasteiger partial charge >= 0.3 is 0 Å². The van der Waals surface area contributed by atoms with E-state index in [0.29, 0.717) is 37.6 Å². The van der Waals surface area contributed by atoms with Crippen LogP contribution in [0.4, 0.5) is 15.8 Å². The minimum absolute atomic E-state index is 0.266. The van der Waals surface area contributed by atoms with Gasteiger partial charge in [0.05, 0.1) is 24.6 Å². The van der Waals surface area contributed by atoms with Crippen LogP contribution in [0.2, 0.25) is 0 Å². The van der Waals surface area contributed by atoms with Crippen molar-refractivity contribution in [3.63, 3.8) is 0 Å². The maximum atomic E-state index is 13.6. The Morgan fingerprint density at radius 2 is 1.83 bits per heavy atom. The second-order valence-corrected chi connectivity index (χ2v) is 6.14. The van der Waals surface area contributed by atoms with E-state index in [0.717, 1.165) is 10.2 Å². The van der Waals surface area contributed by atoms with Crippen molar-refractivity contribution in [1.82, 2.24) is 0 Å². The summed E-state index contributed by atoms with van der Waals surface area (Å²) in [5.41, 5.74) is 1.80. The highest BCUT2D eigenvalue weighted by molar-refractivity contribution is 9.10. The van der Waals surface area contributed by atoms with E-state index < -0.39 is 0 Å². The van der Waals surface area contributed by atoms with E-state index in [-0.39, 0.29) is 11.7 Å². The summed E-state index contributed by atoms with van der Waals surface area (Å²) in [4.78, 5) is 14.5. The molecule has 0 unspecified atom stereocenters. The van der Waals surface area contributed by atoms with Crippen molar-refractivity contribution in [2.75, 3.05) is 36.5 Å². The molecule has 1 N–H and O–H groups in total. The SMILES string of the molecule is O=C(Nc1cc(F)ccc1N1CCOCC1)c1ccc(Br)cc1. The monoisotopic (exact) mass is 378 g/mol. The van der Waals surface area contributed by atoms with Gasteiger partial charge in [0.1, 0.15) is 5.82 Å². The number of carbonyl (C=O) groups is 1. The Kier molecular flexibility index (Phi) is 4.93. The highest BCUT2D eigenvalue weighted by Gasteiger charge is 2.17. The Morgan fingerprint density at radius 3 is 2.52 bits per heavy atom. The molecule has 2 aromatic carbocycles. The van der Waals surface area contributed by atoms with Crippen LogP contribution in [0.1, 0.15) is 10.4 Å². The van der Waals surface area contributed by atoms with E-state index in [1.807, 2.05) is 0 Å². The van der Waals surface area contributed by atoms with Gasteiger partial charge in [-0.15, -0.1) is 0 Å². The number of ether oxygens (including phenoxy) is 1.